The first kappa shape index (κ1) is 19.7. The Bertz CT molecular complexity index is 867. The number of methoxy groups -OCH3 is 2. The predicted molar refractivity (Wildman–Crippen MR) is 96.7 cm³/mol. The number of nitro benzene ring substituents is 1. The van der Waals surface area contributed by atoms with E-state index in [1.165, 1.54) is 33.3 Å². The molecule has 2 aromatic carbocycles. The molecule has 9 nitrogen and oxygen atoms in total. The fourth-order valence-electron chi connectivity index (χ4n) is 2.25. The Hall–Kier alpha value is -3.62. The van der Waals surface area contributed by atoms with Gasteiger partial charge in [0.2, 0.25) is 0 Å². The minimum atomic E-state index is -1.03. The van der Waals surface area contributed by atoms with Crippen LogP contribution in [0.4, 0.5) is 11.4 Å². The first-order chi connectivity index (χ1) is 12.9. The third-order valence-electron chi connectivity index (χ3n) is 3.64. The molecule has 1 N–H and O–H groups in total. The van der Waals surface area contributed by atoms with E-state index >= 15 is 0 Å². The van der Waals surface area contributed by atoms with Crippen LogP contribution in [0.25, 0.3) is 0 Å². The van der Waals surface area contributed by atoms with Gasteiger partial charge in [-0.15, -0.1) is 0 Å². The number of rotatable bonds is 8. The second-order valence-corrected chi connectivity index (χ2v) is 5.42. The number of carbonyl (C=O) groups is 2. The number of ether oxygens (including phenoxy) is 3. The van der Waals surface area contributed by atoms with Crippen molar-refractivity contribution in [2.75, 3.05) is 19.5 Å². The maximum Gasteiger partial charge on any atom is 0.311 e. The molecule has 9 heteroatoms. The zero-order valence-electron chi connectivity index (χ0n) is 14.9. The molecule has 2 aromatic rings. The molecule has 0 saturated heterocycles. The summed E-state index contributed by atoms with van der Waals surface area (Å²) in [5.41, 5.74) is 0.181. The number of nitrogens with one attached hydrogen (secondary N) is 1. The Labute approximate surface area is 155 Å². The molecule has 0 aromatic heterocycles. The van der Waals surface area contributed by atoms with E-state index in [2.05, 4.69) is 5.32 Å². The van der Waals surface area contributed by atoms with Crippen LogP contribution in [-0.2, 0) is 4.79 Å². The number of nitrogens with zero attached hydrogens (tertiary/aromatic N) is 1. The molecule has 0 bridgehead atoms. The van der Waals surface area contributed by atoms with Gasteiger partial charge < -0.3 is 19.5 Å². The third kappa shape index (κ3) is 4.72. The van der Waals surface area contributed by atoms with Crippen molar-refractivity contribution < 1.29 is 28.7 Å². The molecule has 0 saturated carbocycles. The summed E-state index contributed by atoms with van der Waals surface area (Å²) < 4.78 is 15.7. The molecule has 0 spiro atoms. The van der Waals surface area contributed by atoms with Gasteiger partial charge in [-0.2, -0.15) is 0 Å². The maximum absolute atomic E-state index is 12.3. The highest BCUT2D eigenvalue weighted by Gasteiger charge is 2.22. The standard InChI is InChI=1S/C18H18N2O7/c1-11(27-15-6-4-12(10-21)8-14(15)20(23)24)18(22)19-13-5-7-16(25-2)17(9-13)26-3/h4-11H,1-3H3,(H,19,22)/t11-/m0/s1. The lowest BCUT2D eigenvalue weighted by molar-refractivity contribution is -0.386. The van der Waals surface area contributed by atoms with Gasteiger partial charge in [0.15, 0.2) is 23.4 Å². The lowest BCUT2D eigenvalue weighted by Gasteiger charge is -2.16. The normalized spacial score (nSPS) is 11.2. The van der Waals surface area contributed by atoms with Gasteiger partial charge in [0.05, 0.1) is 19.1 Å². The second kappa shape index (κ2) is 8.65. The molecule has 0 unspecified atom stereocenters. The summed E-state index contributed by atoms with van der Waals surface area (Å²) in [5.74, 6) is 0.311. The van der Waals surface area contributed by atoms with E-state index in [4.69, 9.17) is 14.2 Å². The van der Waals surface area contributed by atoms with E-state index in [9.17, 15) is 19.7 Å². The Morgan fingerprint density at radius 1 is 1.11 bits per heavy atom. The van der Waals surface area contributed by atoms with Crippen molar-refractivity contribution in [3.63, 3.8) is 0 Å². The molecule has 1 amide bonds. The summed E-state index contributed by atoms with van der Waals surface area (Å²) in [4.78, 5) is 33.6. The first-order valence-corrected chi connectivity index (χ1v) is 7.82. The number of aldehydes is 1. The molecule has 0 aliphatic heterocycles. The summed E-state index contributed by atoms with van der Waals surface area (Å²) in [6.07, 6.45) is -0.539. The van der Waals surface area contributed by atoms with Crippen molar-refractivity contribution in [2.24, 2.45) is 0 Å². The van der Waals surface area contributed by atoms with E-state index in [0.717, 1.165) is 6.07 Å². The summed E-state index contributed by atoms with van der Waals surface area (Å²) in [7, 11) is 2.96. The molecular formula is C18H18N2O7. The topological polar surface area (TPSA) is 117 Å². The minimum Gasteiger partial charge on any atom is -0.493 e. The molecule has 1 atom stereocenters. The van der Waals surface area contributed by atoms with Crippen molar-refractivity contribution in [3.8, 4) is 17.2 Å². The smallest absolute Gasteiger partial charge is 0.311 e. The number of benzene rings is 2. The van der Waals surface area contributed by atoms with Gasteiger partial charge in [0.1, 0.15) is 6.29 Å². The average Bonchev–Trinajstić information content (AvgIpc) is 2.67. The van der Waals surface area contributed by atoms with Gasteiger partial charge in [-0.25, -0.2) is 0 Å². The van der Waals surface area contributed by atoms with Crippen LogP contribution in [0.3, 0.4) is 0 Å². The first-order valence-electron chi connectivity index (χ1n) is 7.82. The average molecular weight is 374 g/mol. The van der Waals surface area contributed by atoms with Crippen molar-refractivity contribution in [1.82, 2.24) is 0 Å². The van der Waals surface area contributed by atoms with Gasteiger partial charge in [-0.3, -0.25) is 19.7 Å². The Balaban J connectivity index is 2.14. The molecule has 142 valence electrons. The van der Waals surface area contributed by atoms with Gasteiger partial charge in [0.25, 0.3) is 5.91 Å². The van der Waals surface area contributed by atoms with E-state index in [1.54, 1.807) is 18.2 Å². The molecule has 0 heterocycles. The van der Waals surface area contributed by atoms with Gasteiger partial charge in [-0.1, -0.05) is 0 Å². The second-order valence-electron chi connectivity index (χ2n) is 5.42. The van der Waals surface area contributed by atoms with Crippen molar-refractivity contribution in [3.05, 3.63) is 52.1 Å². The number of nitro groups is 1. The Morgan fingerprint density at radius 2 is 1.78 bits per heavy atom. The molecule has 0 aliphatic carbocycles. The van der Waals surface area contributed by atoms with Crippen molar-refractivity contribution >= 4 is 23.6 Å². The SMILES string of the molecule is COc1ccc(NC(=O)[C@H](C)Oc2ccc(C=O)cc2[N+](=O)[O-])cc1OC. The molecule has 0 radical (unpaired) electrons. The van der Waals surface area contributed by atoms with E-state index in [-0.39, 0.29) is 11.3 Å². The maximum atomic E-state index is 12.3. The van der Waals surface area contributed by atoms with E-state index < -0.39 is 22.6 Å². The van der Waals surface area contributed by atoms with Crippen LogP contribution in [0, 0.1) is 10.1 Å². The fraction of sp³-hybridized carbons (Fsp3) is 0.222. The molecule has 2 rings (SSSR count). The largest absolute Gasteiger partial charge is 0.493 e. The monoisotopic (exact) mass is 374 g/mol. The Morgan fingerprint density at radius 3 is 2.37 bits per heavy atom. The lowest BCUT2D eigenvalue weighted by atomic mass is 10.2. The van der Waals surface area contributed by atoms with Gasteiger partial charge in [-0.05, 0) is 31.2 Å². The predicted octanol–water partition coefficient (Wildman–Crippen LogP) is 2.83. The zero-order chi connectivity index (χ0) is 20.0. The van der Waals surface area contributed by atoms with Crippen LogP contribution >= 0.6 is 0 Å². The fourth-order valence-corrected chi connectivity index (χ4v) is 2.25. The summed E-state index contributed by atoms with van der Waals surface area (Å²) in [5, 5.41) is 13.8. The van der Waals surface area contributed by atoms with Gasteiger partial charge in [0, 0.05) is 23.4 Å². The number of amides is 1. The third-order valence-corrected chi connectivity index (χ3v) is 3.64. The highest BCUT2D eigenvalue weighted by atomic mass is 16.6. The highest BCUT2D eigenvalue weighted by Crippen LogP contribution is 2.31. The summed E-state index contributed by atoms with van der Waals surface area (Å²) >= 11 is 0. The van der Waals surface area contributed by atoms with Gasteiger partial charge >= 0.3 is 5.69 Å². The molecular weight excluding hydrogens is 356 g/mol. The van der Waals surface area contributed by atoms with E-state index in [1.807, 2.05) is 0 Å². The lowest BCUT2D eigenvalue weighted by Crippen LogP contribution is -2.30. The highest BCUT2D eigenvalue weighted by molar-refractivity contribution is 5.94. The number of anilines is 1. The number of carbonyl (C=O) groups excluding carboxylic acids is 2. The summed E-state index contributed by atoms with van der Waals surface area (Å²) in [6, 6.07) is 8.55. The Kier molecular flexibility index (Phi) is 6.32. The minimum absolute atomic E-state index is 0.111. The number of hydrogen-bond donors (Lipinski definition) is 1. The summed E-state index contributed by atoms with van der Waals surface area (Å²) in [6.45, 7) is 1.45. The van der Waals surface area contributed by atoms with Crippen LogP contribution in [0.1, 0.15) is 17.3 Å². The van der Waals surface area contributed by atoms with Crippen LogP contribution < -0.4 is 19.5 Å². The quantitative estimate of drug-likeness (QED) is 0.429. The van der Waals surface area contributed by atoms with Crippen LogP contribution in [0.5, 0.6) is 17.2 Å². The molecule has 0 fully saturated rings. The van der Waals surface area contributed by atoms with Crippen molar-refractivity contribution in [1.29, 1.82) is 0 Å². The van der Waals surface area contributed by atoms with Crippen LogP contribution in [-0.4, -0.2) is 37.4 Å². The molecule has 0 aliphatic rings. The van der Waals surface area contributed by atoms with Crippen LogP contribution in [0.15, 0.2) is 36.4 Å². The number of hydrogen-bond acceptors (Lipinski definition) is 7. The van der Waals surface area contributed by atoms with Crippen LogP contribution in [0.2, 0.25) is 0 Å². The van der Waals surface area contributed by atoms with Crippen molar-refractivity contribution in [2.45, 2.75) is 13.0 Å². The van der Waals surface area contributed by atoms with E-state index in [0.29, 0.717) is 23.5 Å². The molecule has 27 heavy (non-hydrogen) atoms. The zero-order valence-corrected chi connectivity index (χ0v) is 14.9.